The summed E-state index contributed by atoms with van der Waals surface area (Å²) in [4.78, 5) is 23.7. The zero-order valence-electron chi connectivity index (χ0n) is 15.6. The minimum absolute atomic E-state index is 0.0749. The highest BCUT2D eigenvalue weighted by Crippen LogP contribution is 2.25. The molecular formula is C22H24N4O. The number of hydrogen-bond acceptors (Lipinski definition) is 3. The van der Waals surface area contributed by atoms with Crippen LogP contribution < -0.4 is 0 Å². The Labute approximate surface area is 159 Å². The van der Waals surface area contributed by atoms with Crippen molar-refractivity contribution in [3.05, 3.63) is 78.0 Å². The van der Waals surface area contributed by atoms with E-state index in [1.54, 1.807) is 18.7 Å². The maximum absolute atomic E-state index is 13.2. The lowest BCUT2D eigenvalue weighted by Crippen LogP contribution is -2.44. The predicted octanol–water partition coefficient (Wildman–Crippen LogP) is 3.68. The first kappa shape index (κ1) is 17.5. The fraction of sp³-hybridized carbons (Fsp3) is 0.318. The number of carbonyl (C=O) groups excluding carboxylic acids is 1. The van der Waals surface area contributed by atoms with E-state index < -0.39 is 0 Å². The molecule has 1 aliphatic rings. The summed E-state index contributed by atoms with van der Waals surface area (Å²) in [5, 5.41) is 0. The standard InChI is InChI=1S/C22H24N4O/c1-2-12-26(20-9-7-17-5-3-4-6-18(17)14-20)22(27)19-8-10-21(24-15-19)25-13-11-23-16-25/h3-6,8,10-11,13,15-16,20H,2,7,9,12,14H2,1H3/t20-/m0/s1. The Bertz CT molecular complexity index is 902. The molecule has 0 bridgehead atoms. The number of carbonyl (C=O) groups is 1. The van der Waals surface area contributed by atoms with E-state index in [0.717, 1.165) is 38.0 Å². The molecule has 27 heavy (non-hydrogen) atoms. The van der Waals surface area contributed by atoms with E-state index >= 15 is 0 Å². The fourth-order valence-electron chi connectivity index (χ4n) is 3.86. The maximum atomic E-state index is 13.2. The molecule has 0 saturated carbocycles. The first-order valence-electron chi connectivity index (χ1n) is 9.58. The first-order chi connectivity index (χ1) is 13.3. The third kappa shape index (κ3) is 3.63. The van der Waals surface area contributed by atoms with Crippen molar-refractivity contribution in [2.75, 3.05) is 6.54 Å². The Balaban J connectivity index is 1.54. The molecule has 0 radical (unpaired) electrons. The van der Waals surface area contributed by atoms with Crippen molar-refractivity contribution in [1.29, 1.82) is 0 Å². The second kappa shape index (κ2) is 7.74. The van der Waals surface area contributed by atoms with Gasteiger partial charge in [0.1, 0.15) is 12.1 Å². The largest absolute Gasteiger partial charge is 0.335 e. The normalized spacial score (nSPS) is 16.0. The number of pyridine rings is 1. The summed E-state index contributed by atoms with van der Waals surface area (Å²) in [6.07, 6.45) is 10.9. The number of nitrogens with zero attached hydrogens (tertiary/aromatic N) is 4. The van der Waals surface area contributed by atoms with Gasteiger partial charge in [-0.2, -0.15) is 0 Å². The number of aryl methyl sites for hydroxylation is 1. The van der Waals surface area contributed by atoms with Crippen LogP contribution in [0, 0.1) is 0 Å². The minimum Gasteiger partial charge on any atom is -0.335 e. The topological polar surface area (TPSA) is 51.0 Å². The van der Waals surface area contributed by atoms with Gasteiger partial charge < -0.3 is 4.90 Å². The second-order valence-electron chi connectivity index (χ2n) is 7.04. The van der Waals surface area contributed by atoms with Gasteiger partial charge >= 0.3 is 0 Å². The number of amides is 1. The molecule has 0 aliphatic heterocycles. The van der Waals surface area contributed by atoms with E-state index in [1.165, 1.54) is 11.1 Å². The first-order valence-corrected chi connectivity index (χ1v) is 9.58. The average molecular weight is 360 g/mol. The highest BCUT2D eigenvalue weighted by molar-refractivity contribution is 5.94. The lowest BCUT2D eigenvalue weighted by Gasteiger charge is -2.35. The van der Waals surface area contributed by atoms with Crippen molar-refractivity contribution in [2.24, 2.45) is 0 Å². The molecule has 3 aromatic rings. The van der Waals surface area contributed by atoms with Crippen molar-refractivity contribution in [3.63, 3.8) is 0 Å². The highest BCUT2D eigenvalue weighted by atomic mass is 16.2. The van der Waals surface area contributed by atoms with E-state index in [9.17, 15) is 4.79 Å². The number of fused-ring (bicyclic) bond motifs is 1. The minimum atomic E-state index is 0.0749. The van der Waals surface area contributed by atoms with Crippen LogP contribution in [0.1, 0.15) is 41.3 Å². The molecule has 5 heteroatoms. The zero-order chi connectivity index (χ0) is 18.6. The van der Waals surface area contributed by atoms with Crippen LogP contribution in [0.2, 0.25) is 0 Å². The fourth-order valence-corrected chi connectivity index (χ4v) is 3.86. The number of rotatable bonds is 5. The Morgan fingerprint density at radius 3 is 2.78 bits per heavy atom. The van der Waals surface area contributed by atoms with Crippen molar-refractivity contribution < 1.29 is 4.79 Å². The van der Waals surface area contributed by atoms with Crippen LogP contribution in [0.4, 0.5) is 0 Å². The zero-order valence-corrected chi connectivity index (χ0v) is 15.6. The molecule has 1 amide bonds. The quantitative estimate of drug-likeness (QED) is 0.697. The summed E-state index contributed by atoms with van der Waals surface area (Å²) in [7, 11) is 0. The third-order valence-electron chi connectivity index (χ3n) is 5.25. The monoisotopic (exact) mass is 360 g/mol. The molecule has 1 atom stereocenters. The van der Waals surface area contributed by atoms with Crippen LogP contribution in [0.25, 0.3) is 5.82 Å². The molecule has 0 N–H and O–H groups in total. The van der Waals surface area contributed by atoms with Crippen LogP contribution in [-0.4, -0.2) is 37.9 Å². The SMILES string of the molecule is CCCN(C(=O)c1ccc(-n2ccnc2)nc1)[C@H]1CCc2ccccc2C1. The third-order valence-corrected chi connectivity index (χ3v) is 5.25. The lowest BCUT2D eigenvalue weighted by molar-refractivity contribution is 0.0661. The Morgan fingerprint density at radius 1 is 1.22 bits per heavy atom. The smallest absolute Gasteiger partial charge is 0.255 e. The molecule has 0 spiro atoms. The highest BCUT2D eigenvalue weighted by Gasteiger charge is 2.28. The van der Waals surface area contributed by atoms with E-state index in [2.05, 4.69) is 41.2 Å². The summed E-state index contributed by atoms with van der Waals surface area (Å²) in [6.45, 7) is 2.90. The van der Waals surface area contributed by atoms with E-state index in [1.807, 2.05) is 27.8 Å². The average Bonchev–Trinajstić information content (AvgIpc) is 3.26. The molecular weight excluding hydrogens is 336 g/mol. The number of hydrogen-bond donors (Lipinski definition) is 0. The Morgan fingerprint density at radius 2 is 2.07 bits per heavy atom. The summed E-state index contributed by atoms with van der Waals surface area (Å²) in [5.74, 6) is 0.837. The van der Waals surface area contributed by atoms with Gasteiger partial charge in [-0.1, -0.05) is 31.2 Å². The summed E-state index contributed by atoms with van der Waals surface area (Å²) in [6, 6.07) is 12.6. The maximum Gasteiger partial charge on any atom is 0.255 e. The molecule has 5 nitrogen and oxygen atoms in total. The van der Waals surface area contributed by atoms with E-state index in [4.69, 9.17) is 0 Å². The molecule has 2 heterocycles. The van der Waals surface area contributed by atoms with Crippen LogP contribution in [-0.2, 0) is 12.8 Å². The van der Waals surface area contributed by atoms with Gasteiger partial charge in [0, 0.05) is 31.2 Å². The molecule has 4 rings (SSSR count). The van der Waals surface area contributed by atoms with Crippen LogP contribution in [0.5, 0.6) is 0 Å². The van der Waals surface area contributed by atoms with Gasteiger partial charge in [-0.3, -0.25) is 9.36 Å². The summed E-state index contributed by atoms with van der Waals surface area (Å²) in [5.41, 5.74) is 3.44. The van der Waals surface area contributed by atoms with Crippen molar-refractivity contribution in [2.45, 2.75) is 38.6 Å². The second-order valence-corrected chi connectivity index (χ2v) is 7.04. The van der Waals surface area contributed by atoms with E-state index in [0.29, 0.717) is 5.56 Å². The van der Waals surface area contributed by atoms with Gasteiger partial charge in [0.05, 0.1) is 5.56 Å². The number of imidazole rings is 1. The van der Waals surface area contributed by atoms with Crippen LogP contribution in [0.15, 0.2) is 61.3 Å². The molecule has 0 fully saturated rings. The summed E-state index contributed by atoms with van der Waals surface area (Å²) >= 11 is 0. The van der Waals surface area contributed by atoms with Gasteiger partial charge in [0.25, 0.3) is 5.91 Å². The molecule has 0 unspecified atom stereocenters. The predicted molar refractivity (Wildman–Crippen MR) is 105 cm³/mol. The molecule has 138 valence electrons. The van der Waals surface area contributed by atoms with E-state index in [-0.39, 0.29) is 11.9 Å². The van der Waals surface area contributed by atoms with Crippen molar-refractivity contribution in [3.8, 4) is 5.82 Å². The van der Waals surface area contributed by atoms with Crippen molar-refractivity contribution in [1.82, 2.24) is 19.4 Å². The van der Waals surface area contributed by atoms with Crippen LogP contribution >= 0.6 is 0 Å². The lowest BCUT2D eigenvalue weighted by atomic mass is 9.87. The summed E-state index contributed by atoms with van der Waals surface area (Å²) < 4.78 is 1.83. The van der Waals surface area contributed by atoms with Gasteiger partial charge in [-0.15, -0.1) is 0 Å². The molecule has 1 aliphatic carbocycles. The molecule has 1 aromatic carbocycles. The van der Waals surface area contributed by atoms with Gasteiger partial charge in [-0.25, -0.2) is 9.97 Å². The van der Waals surface area contributed by atoms with Crippen molar-refractivity contribution >= 4 is 5.91 Å². The Hall–Kier alpha value is -2.95. The molecule has 0 saturated heterocycles. The Kier molecular flexibility index (Phi) is 5.01. The number of aromatic nitrogens is 3. The number of benzene rings is 1. The molecule has 2 aromatic heterocycles. The van der Waals surface area contributed by atoms with Gasteiger partial charge in [0.2, 0.25) is 0 Å². The van der Waals surface area contributed by atoms with Gasteiger partial charge in [0.15, 0.2) is 0 Å². The van der Waals surface area contributed by atoms with Crippen LogP contribution in [0.3, 0.4) is 0 Å². The van der Waals surface area contributed by atoms with Gasteiger partial charge in [-0.05, 0) is 48.9 Å².